The average Bonchev–Trinajstić information content (AvgIpc) is 2.91. The Balaban J connectivity index is 1.57. The Hall–Kier alpha value is -0.650. The molecule has 5 nitrogen and oxygen atoms in total. The first-order valence-electron chi connectivity index (χ1n) is 8.00. The fourth-order valence-corrected chi connectivity index (χ4v) is 4.36. The van der Waals surface area contributed by atoms with E-state index in [0.29, 0.717) is 29.7 Å². The summed E-state index contributed by atoms with van der Waals surface area (Å²) in [5, 5.41) is 0. The van der Waals surface area contributed by atoms with E-state index in [2.05, 4.69) is 16.7 Å². The Morgan fingerprint density at radius 1 is 1.30 bits per heavy atom. The molecule has 1 amide bonds. The van der Waals surface area contributed by atoms with Gasteiger partial charge < -0.3 is 15.4 Å². The van der Waals surface area contributed by atoms with Crippen LogP contribution in [0.15, 0.2) is 0 Å². The van der Waals surface area contributed by atoms with E-state index in [1.165, 1.54) is 0 Å². The van der Waals surface area contributed by atoms with Crippen LogP contribution in [0.4, 0.5) is 0 Å². The molecule has 4 atom stereocenters. The van der Waals surface area contributed by atoms with E-state index in [9.17, 15) is 4.79 Å². The Bertz CT molecular complexity index is 357. The van der Waals surface area contributed by atoms with Crippen molar-refractivity contribution in [2.45, 2.75) is 25.8 Å². The van der Waals surface area contributed by atoms with Crippen LogP contribution in [0.1, 0.15) is 19.8 Å². The van der Waals surface area contributed by atoms with Crippen LogP contribution < -0.4 is 5.73 Å². The molecule has 5 heteroatoms. The van der Waals surface area contributed by atoms with Gasteiger partial charge in [-0.25, -0.2) is 0 Å². The van der Waals surface area contributed by atoms with E-state index in [1.54, 1.807) is 0 Å². The summed E-state index contributed by atoms with van der Waals surface area (Å²) in [6.45, 7) is 8.53. The first-order chi connectivity index (χ1) is 9.70. The molecule has 2 N–H and O–H groups in total. The van der Waals surface area contributed by atoms with Crippen molar-refractivity contribution in [1.82, 2.24) is 9.80 Å². The van der Waals surface area contributed by atoms with Crippen molar-refractivity contribution in [2.75, 3.05) is 45.9 Å². The highest BCUT2D eigenvalue weighted by Crippen LogP contribution is 2.45. The number of carbonyl (C=O) groups is 1. The molecule has 20 heavy (non-hydrogen) atoms. The highest BCUT2D eigenvalue weighted by molar-refractivity contribution is 5.79. The summed E-state index contributed by atoms with van der Waals surface area (Å²) in [6.07, 6.45) is 1.86. The number of nitrogens with zero attached hydrogens (tertiary/aromatic N) is 2. The number of rotatable bonds is 4. The maximum atomic E-state index is 12.3. The van der Waals surface area contributed by atoms with Crippen molar-refractivity contribution in [3.8, 4) is 0 Å². The summed E-state index contributed by atoms with van der Waals surface area (Å²) in [5.74, 6) is 2.05. The number of amides is 1. The summed E-state index contributed by atoms with van der Waals surface area (Å²) in [5.41, 5.74) is 5.91. The third kappa shape index (κ3) is 2.59. The standard InChI is InChI=1S/C15H27N3O2/c1-11-8-14-12(13(11)10-16)9-15(19)18(14)3-2-17-4-6-20-7-5-17/h11-14H,2-10,16H2,1H3/t11-,12-,13+,14+/m0/s1. The predicted molar refractivity (Wildman–Crippen MR) is 77.2 cm³/mol. The number of nitrogens with two attached hydrogens (primary N) is 1. The maximum absolute atomic E-state index is 12.3. The van der Waals surface area contributed by atoms with Crippen LogP contribution in [-0.2, 0) is 9.53 Å². The highest BCUT2D eigenvalue weighted by atomic mass is 16.5. The molecule has 0 bridgehead atoms. The lowest BCUT2D eigenvalue weighted by Crippen LogP contribution is -2.44. The average molecular weight is 281 g/mol. The van der Waals surface area contributed by atoms with Crippen LogP contribution in [-0.4, -0.2) is 67.7 Å². The molecule has 1 saturated carbocycles. The molecule has 1 aliphatic carbocycles. The highest BCUT2D eigenvalue weighted by Gasteiger charge is 2.49. The number of hydrogen-bond donors (Lipinski definition) is 1. The summed E-state index contributed by atoms with van der Waals surface area (Å²) in [4.78, 5) is 16.8. The molecule has 2 saturated heterocycles. The van der Waals surface area contributed by atoms with E-state index in [-0.39, 0.29) is 0 Å². The molecule has 0 spiro atoms. The van der Waals surface area contributed by atoms with Gasteiger partial charge in [-0.15, -0.1) is 0 Å². The van der Waals surface area contributed by atoms with Gasteiger partial charge in [0.2, 0.25) is 5.91 Å². The molecule has 0 unspecified atom stereocenters. The first-order valence-corrected chi connectivity index (χ1v) is 8.00. The molecule has 114 valence electrons. The van der Waals surface area contributed by atoms with Crippen molar-refractivity contribution in [2.24, 2.45) is 23.5 Å². The molecular formula is C15H27N3O2. The van der Waals surface area contributed by atoms with Gasteiger partial charge in [-0.05, 0) is 30.7 Å². The molecule has 3 fully saturated rings. The van der Waals surface area contributed by atoms with Gasteiger partial charge in [-0.1, -0.05) is 6.92 Å². The molecule has 0 radical (unpaired) electrons. The Labute approximate surface area is 121 Å². The van der Waals surface area contributed by atoms with E-state index in [4.69, 9.17) is 10.5 Å². The van der Waals surface area contributed by atoms with Gasteiger partial charge in [0.25, 0.3) is 0 Å². The van der Waals surface area contributed by atoms with Crippen molar-refractivity contribution in [3.63, 3.8) is 0 Å². The molecule has 2 aliphatic heterocycles. The smallest absolute Gasteiger partial charge is 0.223 e. The van der Waals surface area contributed by atoms with Gasteiger partial charge >= 0.3 is 0 Å². The minimum absolute atomic E-state index is 0.346. The van der Waals surface area contributed by atoms with Crippen LogP contribution in [0.2, 0.25) is 0 Å². The van der Waals surface area contributed by atoms with Gasteiger partial charge in [-0.2, -0.15) is 0 Å². The van der Waals surface area contributed by atoms with Crippen LogP contribution in [0, 0.1) is 17.8 Å². The maximum Gasteiger partial charge on any atom is 0.223 e. The number of ether oxygens (including phenoxy) is 1. The van der Waals surface area contributed by atoms with E-state index in [0.717, 1.165) is 58.8 Å². The molecule has 3 rings (SSSR count). The lowest BCUT2D eigenvalue weighted by atomic mass is 9.89. The summed E-state index contributed by atoms with van der Waals surface area (Å²) < 4.78 is 5.37. The SMILES string of the molecule is C[C@H]1C[C@@H]2[C@@H](CC(=O)N2CCN2CCOCC2)[C@@H]1CN. The summed E-state index contributed by atoms with van der Waals surface area (Å²) in [7, 11) is 0. The van der Waals surface area contributed by atoms with Crippen LogP contribution in [0.5, 0.6) is 0 Å². The van der Waals surface area contributed by atoms with Gasteiger partial charge in [-0.3, -0.25) is 9.69 Å². The normalized spacial score (nSPS) is 38.5. The van der Waals surface area contributed by atoms with Gasteiger partial charge in [0, 0.05) is 38.6 Å². The fourth-order valence-electron chi connectivity index (χ4n) is 4.36. The topological polar surface area (TPSA) is 58.8 Å². The number of morpholine rings is 1. The van der Waals surface area contributed by atoms with E-state index >= 15 is 0 Å². The molecule has 2 heterocycles. The van der Waals surface area contributed by atoms with Gasteiger partial charge in [0.15, 0.2) is 0 Å². The van der Waals surface area contributed by atoms with Crippen LogP contribution in [0.25, 0.3) is 0 Å². The zero-order valence-electron chi connectivity index (χ0n) is 12.5. The van der Waals surface area contributed by atoms with Crippen molar-refractivity contribution in [1.29, 1.82) is 0 Å². The molecule has 0 aromatic carbocycles. The third-order valence-electron chi connectivity index (χ3n) is 5.55. The quantitative estimate of drug-likeness (QED) is 0.797. The lowest BCUT2D eigenvalue weighted by Gasteiger charge is -2.31. The van der Waals surface area contributed by atoms with Crippen molar-refractivity contribution < 1.29 is 9.53 Å². The number of likely N-dealkylation sites (tertiary alicyclic amines) is 1. The van der Waals surface area contributed by atoms with E-state index < -0.39 is 0 Å². The van der Waals surface area contributed by atoms with Crippen LogP contribution in [0.3, 0.4) is 0 Å². The molecule has 3 aliphatic rings. The third-order valence-corrected chi connectivity index (χ3v) is 5.55. The van der Waals surface area contributed by atoms with E-state index in [1.807, 2.05) is 0 Å². The monoisotopic (exact) mass is 281 g/mol. The van der Waals surface area contributed by atoms with Gasteiger partial charge in [0.05, 0.1) is 13.2 Å². The minimum atomic E-state index is 0.346. The van der Waals surface area contributed by atoms with Gasteiger partial charge in [0.1, 0.15) is 0 Å². The minimum Gasteiger partial charge on any atom is -0.379 e. The zero-order valence-corrected chi connectivity index (χ0v) is 12.5. The fraction of sp³-hybridized carbons (Fsp3) is 0.933. The second-order valence-electron chi connectivity index (χ2n) is 6.59. The number of carbonyl (C=O) groups excluding carboxylic acids is 1. The van der Waals surface area contributed by atoms with Crippen molar-refractivity contribution >= 4 is 5.91 Å². The molecule has 0 aromatic rings. The Kier molecular flexibility index (Phi) is 4.29. The van der Waals surface area contributed by atoms with Crippen molar-refractivity contribution in [3.05, 3.63) is 0 Å². The zero-order chi connectivity index (χ0) is 14.1. The largest absolute Gasteiger partial charge is 0.379 e. The number of fused-ring (bicyclic) bond motifs is 1. The number of hydrogen-bond acceptors (Lipinski definition) is 4. The summed E-state index contributed by atoms with van der Waals surface area (Å²) in [6, 6.07) is 0.451. The molecular weight excluding hydrogens is 254 g/mol. The summed E-state index contributed by atoms with van der Waals surface area (Å²) >= 11 is 0. The second-order valence-corrected chi connectivity index (χ2v) is 6.59. The first kappa shape index (κ1) is 14.3. The van der Waals surface area contributed by atoms with Crippen LogP contribution >= 0.6 is 0 Å². The molecule has 0 aromatic heterocycles. The Morgan fingerprint density at radius 2 is 2.05 bits per heavy atom. The Morgan fingerprint density at radius 3 is 2.75 bits per heavy atom. The second kappa shape index (κ2) is 6.00. The lowest BCUT2D eigenvalue weighted by molar-refractivity contribution is -0.129. The predicted octanol–water partition coefficient (Wildman–Crippen LogP) is 0.150.